The number of carbonyl (C=O) groups is 1. The number of nitrogens with zero attached hydrogens (tertiary/aromatic N) is 4. The van der Waals surface area contributed by atoms with Crippen LogP contribution in [0.25, 0.3) is 0 Å². The molecule has 1 saturated heterocycles. The Morgan fingerprint density at radius 2 is 1.90 bits per heavy atom. The third-order valence-corrected chi connectivity index (χ3v) is 3.67. The molecule has 3 heterocycles. The Balaban J connectivity index is 1.91. The molecule has 3 rings (SSSR count). The Morgan fingerprint density at radius 1 is 1.10 bits per heavy atom. The van der Waals surface area contributed by atoms with Crippen molar-refractivity contribution in [2.75, 3.05) is 22.9 Å². The second kappa shape index (κ2) is 4.92. The molecule has 0 aromatic carbocycles. The summed E-state index contributed by atoms with van der Waals surface area (Å²) in [6.45, 7) is 5.32. The third kappa shape index (κ3) is 2.01. The summed E-state index contributed by atoms with van der Waals surface area (Å²) in [6.07, 6.45) is 5.16. The van der Waals surface area contributed by atoms with Gasteiger partial charge >= 0.3 is 6.03 Å². The quantitative estimate of drug-likeness (QED) is 0.841. The van der Waals surface area contributed by atoms with Gasteiger partial charge in [0.25, 0.3) is 0 Å². The fourth-order valence-electron chi connectivity index (χ4n) is 2.38. The number of aryl methyl sites for hydroxylation is 1. The van der Waals surface area contributed by atoms with Crippen molar-refractivity contribution in [3.63, 3.8) is 0 Å². The first-order valence-electron chi connectivity index (χ1n) is 6.60. The summed E-state index contributed by atoms with van der Waals surface area (Å²) in [7, 11) is 0. The molecule has 0 spiro atoms. The lowest BCUT2D eigenvalue weighted by Crippen LogP contribution is -2.32. The van der Waals surface area contributed by atoms with Gasteiger partial charge in [0.2, 0.25) is 0 Å². The highest BCUT2D eigenvalue weighted by molar-refractivity contribution is 6.05. The van der Waals surface area contributed by atoms with Gasteiger partial charge in [0, 0.05) is 25.5 Å². The summed E-state index contributed by atoms with van der Waals surface area (Å²) in [5.74, 6) is 0.751. The highest BCUT2D eigenvalue weighted by Gasteiger charge is 2.32. The maximum atomic E-state index is 12.6. The molecule has 1 fully saturated rings. The van der Waals surface area contributed by atoms with Crippen LogP contribution >= 0.6 is 0 Å². The molecule has 0 radical (unpaired) electrons. The van der Waals surface area contributed by atoms with Gasteiger partial charge in [-0.1, -0.05) is 0 Å². The lowest BCUT2D eigenvalue weighted by atomic mass is 10.1. The maximum absolute atomic E-state index is 12.6. The average Bonchev–Trinajstić information content (AvgIpc) is 2.85. The van der Waals surface area contributed by atoms with Gasteiger partial charge in [-0.2, -0.15) is 0 Å². The van der Waals surface area contributed by atoms with Gasteiger partial charge in [0.1, 0.15) is 5.82 Å². The lowest BCUT2D eigenvalue weighted by Gasteiger charge is -2.19. The van der Waals surface area contributed by atoms with Crippen molar-refractivity contribution in [3.8, 4) is 0 Å². The Kier molecular flexibility index (Phi) is 3.10. The van der Waals surface area contributed by atoms with Crippen LogP contribution in [0.15, 0.2) is 36.8 Å². The summed E-state index contributed by atoms with van der Waals surface area (Å²) in [4.78, 5) is 24.4. The van der Waals surface area contributed by atoms with Crippen molar-refractivity contribution in [2.45, 2.75) is 13.8 Å². The largest absolute Gasteiger partial charge is 0.330 e. The van der Waals surface area contributed by atoms with Crippen LogP contribution in [0.3, 0.4) is 0 Å². The van der Waals surface area contributed by atoms with E-state index < -0.39 is 0 Å². The molecule has 5 nitrogen and oxygen atoms in total. The number of amides is 2. The predicted octanol–water partition coefficient (Wildman–Crippen LogP) is 2.54. The zero-order valence-corrected chi connectivity index (χ0v) is 11.6. The number of pyridine rings is 2. The number of hydrogen-bond acceptors (Lipinski definition) is 3. The number of hydrogen-bond donors (Lipinski definition) is 0. The molecule has 20 heavy (non-hydrogen) atoms. The van der Waals surface area contributed by atoms with Crippen LogP contribution in [0.1, 0.15) is 11.1 Å². The first kappa shape index (κ1) is 12.6. The normalized spacial score (nSPS) is 15.0. The van der Waals surface area contributed by atoms with E-state index in [-0.39, 0.29) is 6.03 Å². The van der Waals surface area contributed by atoms with E-state index in [9.17, 15) is 4.79 Å². The van der Waals surface area contributed by atoms with E-state index in [1.165, 1.54) is 0 Å². The predicted molar refractivity (Wildman–Crippen MR) is 78.0 cm³/mol. The first-order chi connectivity index (χ1) is 9.68. The Labute approximate surface area is 117 Å². The molecule has 0 atom stereocenters. The van der Waals surface area contributed by atoms with Crippen molar-refractivity contribution in [2.24, 2.45) is 0 Å². The summed E-state index contributed by atoms with van der Waals surface area (Å²) in [5, 5.41) is 0. The van der Waals surface area contributed by atoms with Gasteiger partial charge in [-0.3, -0.25) is 14.8 Å². The molecule has 2 aromatic rings. The summed E-state index contributed by atoms with van der Waals surface area (Å²) in [6, 6.07) is 5.64. The van der Waals surface area contributed by atoms with Crippen LogP contribution in [0.2, 0.25) is 0 Å². The van der Waals surface area contributed by atoms with Crippen LogP contribution in [0, 0.1) is 13.8 Å². The van der Waals surface area contributed by atoms with Crippen molar-refractivity contribution in [1.82, 2.24) is 9.97 Å². The summed E-state index contributed by atoms with van der Waals surface area (Å²) in [5.41, 5.74) is 3.02. The average molecular weight is 268 g/mol. The molecule has 0 saturated carbocycles. The minimum absolute atomic E-state index is 0.0424. The van der Waals surface area contributed by atoms with E-state index in [1.54, 1.807) is 28.4 Å². The molecule has 5 heteroatoms. The molecule has 1 aliphatic heterocycles. The second-order valence-corrected chi connectivity index (χ2v) is 4.87. The van der Waals surface area contributed by atoms with Gasteiger partial charge < -0.3 is 0 Å². The minimum Gasteiger partial charge on any atom is -0.291 e. The highest BCUT2D eigenvalue weighted by atomic mass is 16.2. The second-order valence-electron chi connectivity index (χ2n) is 4.87. The lowest BCUT2D eigenvalue weighted by molar-refractivity contribution is 0.255. The molecule has 0 bridgehead atoms. The Hall–Kier alpha value is -2.43. The van der Waals surface area contributed by atoms with Crippen molar-refractivity contribution >= 4 is 17.5 Å². The van der Waals surface area contributed by atoms with E-state index in [0.29, 0.717) is 13.1 Å². The van der Waals surface area contributed by atoms with E-state index in [2.05, 4.69) is 9.97 Å². The van der Waals surface area contributed by atoms with E-state index >= 15 is 0 Å². The Bertz CT molecular complexity index is 642. The SMILES string of the molecule is Cc1ccnc(N2CCN(c3cccnc3)C2=O)c1C. The van der Waals surface area contributed by atoms with Gasteiger partial charge in [0.05, 0.1) is 11.9 Å². The highest BCUT2D eigenvalue weighted by Crippen LogP contribution is 2.26. The fourth-order valence-corrected chi connectivity index (χ4v) is 2.38. The van der Waals surface area contributed by atoms with Crippen LogP contribution < -0.4 is 9.80 Å². The third-order valence-electron chi connectivity index (χ3n) is 3.67. The molecular formula is C15H16N4O. The van der Waals surface area contributed by atoms with Crippen LogP contribution in [-0.4, -0.2) is 29.1 Å². The number of rotatable bonds is 2. The zero-order chi connectivity index (χ0) is 14.1. The fraction of sp³-hybridized carbons (Fsp3) is 0.267. The monoisotopic (exact) mass is 268 g/mol. The zero-order valence-electron chi connectivity index (χ0n) is 11.6. The van der Waals surface area contributed by atoms with Crippen molar-refractivity contribution < 1.29 is 4.79 Å². The summed E-state index contributed by atoms with van der Waals surface area (Å²) >= 11 is 0. The number of aromatic nitrogens is 2. The molecule has 0 unspecified atom stereocenters. The van der Waals surface area contributed by atoms with Gasteiger partial charge in [-0.15, -0.1) is 0 Å². The molecule has 2 amide bonds. The van der Waals surface area contributed by atoms with E-state index in [0.717, 1.165) is 22.6 Å². The van der Waals surface area contributed by atoms with Crippen molar-refractivity contribution in [3.05, 3.63) is 47.9 Å². The molecule has 102 valence electrons. The molecule has 0 N–H and O–H groups in total. The van der Waals surface area contributed by atoms with Crippen molar-refractivity contribution in [1.29, 1.82) is 0 Å². The molecule has 1 aliphatic rings. The van der Waals surface area contributed by atoms with E-state index in [1.807, 2.05) is 32.0 Å². The minimum atomic E-state index is -0.0424. The van der Waals surface area contributed by atoms with Gasteiger partial charge in [-0.05, 0) is 43.2 Å². The maximum Gasteiger partial charge on any atom is 0.330 e. The summed E-state index contributed by atoms with van der Waals surface area (Å²) < 4.78 is 0. The van der Waals surface area contributed by atoms with E-state index in [4.69, 9.17) is 0 Å². The Morgan fingerprint density at radius 3 is 2.65 bits per heavy atom. The molecular weight excluding hydrogens is 252 g/mol. The van der Waals surface area contributed by atoms with Crippen LogP contribution in [0.4, 0.5) is 16.3 Å². The number of urea groups is 1. The standard InChI is InChI=1S/C15H16N4O/c1-11-5-7-17-14(12(11)2)19-9-8-18(15(19)20)13-4-3-6-16-10-13/h3-7,10H,8-9H2,1-2H3. The first-order valence-corrected chi connectivity index (χ1v) is 6.60. The number of carbonyl (C=O) groups excluding carboxylic acids is 1. The number of anilines is 2. The topological polar surface area (TPSA) is 49.3 Å². The smallest absolute Gasteiger partial charge is 0.291 e. The van der Waals surface area contributed by atoms with Crippen LogP contribution in [-0.2, 0) is 0 Å². The van der Waals surface area contributed by atoms with Crippen LogP contribution in [0.5, 0.6) is 0 Å². The molecule has 2 aromatic heterocycles. The molecule has 0 aliphatic carbocycles. The van der Waals surface area contributed by atoms with Gasteiger partial charge in [0.15, 0.2) is 0 Å². The van der Waals surface area contributed by atoms with Gasteiger partial charge in [-0.25, -0.2) is 9.78 Å².